The van der Waals surface area contributed by atoms with Gasteiger partial charge in [-0.15, -0.1) is 0 Å². The first-order valence-corrected chi connectivity index (χ1v) is 8.76. The van der Waals surface area contributed by atoms with Crippen molar-refractivity contribution in [1.82, 2.24) is 15.6 Å². The minimum Gasteiger partial charge on any atom is -0.505 e. The van der Waals surface area contributed by atoms with Gasteiger partial charge in [-0.2, -0.15) is 0 Å². The van der Waals surface area contributed by atoms with Gasteiger partial charge in [0.15, 0.2) is 17.5 Å². The Kier molecular flexibility index (Phi) is 5.88. The van der Waals surface area contributed by atoms with E-state index in [4.69, 9.17) is 0 Å². The van der Waals surface area contributed by atoms with E-state index >= 15 is 0 Å². The third-order valence-corrected chi connectivity index (χ3v) is 4.50. The molecule has 1 aliphatic heterocycles. The second-order valence-electron chi connectivity index (χ2n) is 6.31. The Labute approximate surface area is 152 Å². The van der Waals surface area contributed by atoms with Gasteiger partial charge in [-0.3, -0.25) is 4.99 Å². The summed E-state index contributed by atoms with van der Waals surface area (Å²) in [6.45, 7) is 2.31. The fourth-order valence-corrected chi connectivity index (χ4v) is 3.03. The summed E-state index contributed by atoms with van der Waals surface area (Å²) in [4.78, 5) is 10.9. The van der Waals surface area contributed by atoms with E-state index in [0.29, 0.717) is 18.5 Å². The molecule has 0 spiro atoms. The molecule has 3 N–H and O–H groups in total. The van der Waals surface area contributed by atoms with E-state index in [1.807, 2.05) is 24.4 Å². The number of benzene rings is 1. The molecule has 2 aromatic rings. The molecule has 0 atom stereocenters. The minimum absolute atomic E-state index is 0.331. The summed E-state index contributed by atoms with van der Waals surface area (Å²) in [5.74, 6) is 0.752. The quantitative estimate of drug-likeness (QED) is 0.578. The maximum atomic E-state index is 13.4. The SMILES string of the molecule is CN=C(NCc1ccc(O)c(F)c1)NC1CCN(c2ccccn2)CC1. The first-order chi connectivity index (χ1) is 12.7. The summed E-state index contributed by atoms with van der Waals surface area (Å²) in [5, 5.41) is 15.9. The highest BCUT2D eigenvalue weighted by Gasteiger charge is 2.20. The maximum absolute atomic E-state index is 13.4. The van der Waals surface area contributed by atoms with Crippen LogP contribution in [0.2, 0.25) is 0 Å². The largest absolute Gasteiger partial charge is 0.505 e. The van der Waals surface area contributed by atoms with E-state index in [-0.39, 0.29) is 5.75 Å². The van der Waals surface area contributed by atoms with Gasteiger partial charge in [0.25, 0.3) is 0 Å². The normalized spacial score (nSPS) is 15.8. The topological polar surface area (TPSA) is 72.8 Å². The average Bonchev–Trinajstić information content (AvgIpc) is 2.69. The number of phenols is 1. The fourth-order valence-electron chi connectivity index (χ4n) is 3.03. The number of pyridine rings is 1. The van der Waals surface area contributed by atoms with Crippen LogP contribution in [-0.4, -0.2) is 42.2 Å². The van der Waals surface area contributed by atoms with Crippen LogP contribution in [0.1, 0.15) is 18.4 Å². The monoisotopic (exact) mass is 357 g/mol. The molecule has 0 radical (unpaired) electrons. The van der Waals surface area contributed by atoms with Crippen LogP contribution in [0.3, 0.4) is 0 Å². The summed E-state index contributed by atoms with van der Waals surface area (Å²) in [6, 6.07) is 10.7. The maximum Gasteiger partial charge on any atom is 0.191 e. The standard InChI is InChI=1S/C19H24FN5O/c1-21-19(23-13-14-5-6-17(26)16(20)12-14)24-15-7-10-25(11-8-15)18-4-2-3-9-22-18/h2-6,9,12,15,26H,7-8,10-11,13H2,1H3,(H2,21,23,24). The molecule has 3 rings (SSSR count). The highest BCUT2D eigenvalue weighted by molar-refractivity contribution is 5.80. The number of piperidine rings is 1. The number of rotatable bonds is 4. The number of hydrogen-bond acceptors (Lipinski definition) is 4. The summed E-state index contributed by atoms with van der Waals surface area (Å²) in [5.41, 5.74) is 0.744. The van der Waals surface area contributed by atoms with Crippen molar-refractivity contribution in [2.75, 3.05) is 25.0 Å². The first kappa shape index (κ1) is 18.0. The molecule has 0 bridgehead atoms. The Morgan fingerprint density at radius 2 is 2.12 bits per heavy atom. The molecule has 1 aliphatic rings. The second kappa shape index (κ2) is 8.51. The number of nitrogens with one attached hydrogen (secondary N) is 2. The molecule has 0 saturated carbocycles. The first-order valence-electron chi connectivity index (χ1n) is 8.76. The Morgan fingerprint density at radius 1 is 1.31 bits per heavy atom. The molecular formula is C19H24FN5O. The summed E-state index contributed by atoms with van der Waals surface area (Å²) >= 11 is 0. The third kappa shape index (κ3) is 4.62. The third-order valence-electron chi connectivity index (χ3n) is 4.50. The molecule has 0 amide bonds. The molecule has 6 nitrogen and oxygen atoms in total. The van der Waals surface area contributed by atoms with E-state index in [0.717, 1.165) is 37.3 Å². The zero-order valence-electron chi connectivity index (χ0n) is 14.8. The van der Waals surface area contributed by atoms with Gasteiger partial charge < -0.3 is 20.6 Å². The average molecular weight is 357 g/mol. The van der Waals surface area contributed by atoms with Crippen LogP contribution in [0, 0.1) is 5.82 Å². The van der Waals surface area contributed by atoms with Crippen LogP contribution >= 0.6 is 0 Å². The lowest BCUT2D eigenvalue weighted by Gasteiger charge is -2.33. The van der Waals surface area contributed by atoms with Crippen LogP contribution in [0.15, 0.2) is 47.6 Å². The van der Waals surface area contributed by atoms with Gasteiger partial charge in [-0.05, 0) is 42.7 Å². The second-order valence-corrected chi connectivity index (χ2v) is 6.31. The van der Waals surface area contributed by atoms with Crippen LogP contribution in [0.25, 0.3) is 0 Å². The number of aromatic hydroxyl groups is 1. The van der Waals surface area contributed by atoms with Gasteiger partial charge in [0.1, 0.15) is 5.82 Å². The van der Waals surface area contributed by atoms with Gasteiger partial charge in [-0.1, -0.05) is 12.1 Å². The summed E-state index contributed by atoms with van der Waals surface area (Å²) in [6.07, 6.45) is 3.80. The number of halogens is 1. The predicted octanol–water partition coefficient (Wildman–Crippen LogP) is 2.26. The fraction of sp³-hybridized carbons (Fsp3) is 0.368. The highest BCUT2D eigenvalue weighted by Crippen LogP contribution is 2.18. The molecule has 1 saturated heterocycles. The van der Waals surface area contributed by atoms with Crippen molar-refractivity contribution in [2.45, 2.75) is 25.4 Å². The van der Waals surface area contributed by atoms with Crippen LogP contribution < -0.4 is 15.5 Å². The van der Waals surface area contributed by atoms with E-state index in [1.54, 1.807) is 13.1 Å². The van der Waals surface area contributed by atoms with Crippen molar-refractivity contribution in [3.63, 3.8) is 0 Å². The molecule has 0 aliphatic carbocycles. The van der Waals surface area contributed by atoms with Crippen molar-refractivity contribution in [2.24, 2.45) is 4.99 Å². The molecule has 26 heavy (non-hydrogen) atoms. The van der Waals surface area contributed by atoms with Gasteiger partial charge >= 0.3 is 0 Å². The van der Waals surface area contributed by atoms with Crippen molar-refractivity contribution >= 4 is 11.8 Å². The van der Waals surface area contributed by atoms with Crippen LogP contribution in [0.4, 0.5) is 10.2 Å². The molecule has 2 heterocycles. The molecule has 1 aromatic carbocycles. The van der Waals surface area contributed by atoms with E-state index in [2.05, 4.69) is 25.5 Å². The van der Waals surface area contributed by atoms with E-state index in [1.165, 1.54) is 12.1 Å². The number of anilines is 1. The lowest BCUT2D eigenvalue weighted by Crippen LogP contribution is -2.48. The van der Waals surface area contributed by atoms with Crippen molar-refractivity contribution in [3.8, 4) is 5.75 Å². The van der Waals surface area contributed by atoms with Crippen LogP contribution in [-0.2, 0) is 6.54 Å². The number of aromatic nitrogens is 1. The molecule has 138 valence electrons. The molecule has 7 heteroatoms. The smallest absolute Gasteiger partial charge is 0.191 e. The Morgan fingerprint density at radius 3 is 2.77 bits per heavy atom. The van der Waals surface area contributed by atoms with Gasteiger partial charge in [0.05, 0.1) is 0 Å². The van der Waals surface area contributed by atoms with Crippen molar-refractivity contribution in [3.05, 3.63) is 54.0 Å². The summed E-state index contributed by atoms with van der Waals surface area (Å²) < 4.78 is 13.4. The number of aliphatic imine (C=N–C) groups is 1. The molecule has 1 aromatic heterocycles. The number of phenolic OH excluding ortho intramolecular Hbond substituents is 1. The van der Waals surface area contributed by atoms with Crippen LogP contribution in [0.5, 0.6) is 5.75 Å². The highest BCUT2D eigenvalue weighted by atomic mass is 19.1. The number of nitrogens with zero attached hydrogens (tertiary/aromatic N) is 3. The van der Waals surface area contributed by atoms with Crippen molar-refractivity contribution in [1.29, 1.82) is 0 Å². The lowest BCUT2D eigenvalue weighted by atomic mass is 10.1. The lowest BCUT2D eigenvalue weighted by molar-refractivity contribution is 0.431. The Bertz CT molecular complexity index is 745. The number of guanidine groups is 1. The molecule has 1 fully saturated rings. The summed E-state index contributed by atoms with van der Waals surface area (Å²) in [7, 11) is 1.72. The van der Waals surface area contributed by atoms with Gasteiger partial charge in [0.2, 0.25) is 0 Å². The Balaban J connectivity index is 1.47. The Hall–Kier alpha value is -2.83. The van der Waals surface area contributed by atoms with Crippen molar-refractivity contribution < 1.29 is 9.50 Å². The van der Waals surface area contributed by atoms with E-state index in [9.17, 15) is 9.50 Å². The zero-order valence-corrected chi connectivity index (χ0v) is 14.8. The van der Waals surface area contributed by atoms with Gasteiger partial charge in [0, 0.05) is 38.9 Å². The zero-order chi connectivity index (χ0) is 18.4. The minimum atomic E-state index is -0.617. The predicted molar refractivity (Wildman–Crippen MR) is 101 cm³/mol. The number of hydrogen-bond donors (Lipinski definition) is 3. The molecule has 0 unspecified atom stereocenters. The van der Waals surface area contributed by atoms with E-state index < -0.39 is 5.82 Å². The molecular weight excluding hydrogens is 333 g/mol. The van der Waals surface area contributed by atoms with Gasteiger partial charge in [-0.25, -0.2) is 9.37 Å².